The Hall–Kier alpha value is -2.75. The van der Waals surface area contributed by atoms with Crippen molar-refractivity contribution in [1.82, 2.24) is 9.88 Å². The largest absolute Gasteiger partial charge is 0.494 e. The molecule has 0 unspecified atom stereocenters. The first-order valence-corrected chi connectivity index (χ1v) is 9.83. The normalized spacial score (nSPS) is 10.9. The molecule has 3 aromatic rings. The van der Waals surface area contributed by atoms with Crippen molar-refractivity contribution in [2.75, 3.05) is 13.2 Å². The Kier molecular flexibility index (Phi) is 6.91. The van der Waals surface area contributed by atoms with Gasteiger partial charge in [-0.3, -0.25) is 4.79 Å². The maximum absolute atomic E-state index is 12.3. The van der Waals surface area contributed by atoms with E-state index in [1.807, 2.05) is 36.4 Å². The van der Waals surface area contributed by atoms with Gasteiger partial charge in [0.1, 0.15) is 5.75 Å². The van der Waals surface area contributed by atoms with Gasteiger partial charge in [0, 0.05) is 30.4 Å². The van der Waals surface area contributed by atoms with Gasteiger partial charge in [-0.15, -0.1) is 0 Å². The molecule has 0 saturated heterocycles. The fraction of sp³-hybridized carbons (Fsp3) is 0.348. The van der Waals surface area contributed by atoms with E-state index in [1.165, 1.54) is 30.2 Å². The summed E-state index contributed by atoms with van der Waals surface area (Å²) in [6.07, 6.45) is 6.81. The third-order valence-corrected chi connectivity index (χ3v) is 4.70. The number of carbonyl (C=O) groups excluding carboxylic acids is 1. The Balaban J connectivity index is 1.44. The second-order valence-corrected chi connectivity index (χ2v) is 6.76. The number of nitrogens with one attached hydrogen (secondary N) is 1. The van der Waals surface area contributed by atoms with Gasteiger partial charge in [-0.1, -0.05) is 44.4 Å². The number of fused-ring (bicyclic) bond motifs is 1. The number of unbranched alkanes of at least 4 members (excludes halogenated alkanes) is 3. The predicted molar refractivity (Wildman–Crippen MR) is 110 cm³/mol. The highest BCUT2D eigenvalue weighted by Crippen LogP contribution is 2.15. The van der Waals surface area contributed by atoms with Crippen molar-refractivity contribution in [2.24, 2.45) is 0 Å². The Morgan fingerprint density at radius 1 is 1.00 bits per heavy atom. The van der Waals surface area contributed by atoms with E-state index in [2.05, 4.69) is 41.2 Å². The number of carbonyl (C=O) groups is 1. The van der Waals surface area contributed by atoms with E-state index >= 15 is 0 Å². The number of rotatable bonds is 10. The summed E-state index contributed by atoms with van der Waals surface area (Å²) in [5.74, 6) is 0.766. The van der Waals surface area contributed by atoms with Gasteiger partial charge in [0.05, 0.1) is 6.61 Å². The average molecular weight is 364 g/mol. The summed E-state index contributed by atoms with van der Waals surface area (Å²) in [7, 11) is 0. The number of aromatic nitrogens is 1. The van der Waals surface area contributed by atoms with Crippen LogP contribution in [0.2, 0.25) is 0 Å². The molecular weight excluding hydrogens is 336 g/mol. The highest BCUT2D eigenvalue weighted by atomic mass is 16.5. The lowest BCUT2D eigenvalue weighted by molar-refractivity contribution is 0.0952. The molecule has 1 heterocycles. The van der Waals surface area contributed by atoms with Gasteiger partial charge < -0.3 is 14.6 Å². The van der Waals surface area contributed by atoms with Gasteiger partial charge in [0.2, 0.25) is 0 Å². The van der Waals surface area contributed by atoms with E-state index in [0.29, 0.717) is 12.1 Å². The molecule has 0 spiro atoms. The predicted octanol–water partition coefficient (Wildman–Crippen LogP) is 5.03. The van der Waals surface area contributed by atoms with Crippen LogP contribution in [0.1, 0.15) is 43.0 Å². The van der Waals surface area contributed by atoms with Crippen LogP contribution in [-0.4, -0.2) is 23.6 Å². The molecule has 0 fully saturated rings. The quantitative estimate of drug-likeness (QED) is 0.513. The number of para-hydroxylation sites is 1. The standard InChI is InChI=1S/C23H28N2O2/c1-2-3-4-7-18-27-21-12-10-20(11-13-21)23(26)24-15-17-25-16-14-19-8-5-6-9-22(19)25/h5-6,8-14,16H,2-4,7,15,17-18H2,1H3,(H,24,26). The summed E-state index contributed by atoms with van der Waals surface area (Å²) in [5.41, 5.74) is 1.85. The minimum atomic E-state index is -0.0547. The third kappa shape index (κ3) is 5.36. The van der Waals surface area contributed by atoms with Gasteiger partial charge in [-0.05, 0) is 48.2 Å². The van der Waals surface area contributed by atoms with Crippen molar-refractivity contribution in [3.05, 3.63) is 66.4 Å². The highest BCUT2D eigenvalue weighted by Gasteiger charge is 2.06. The molecule has 1 aromatic heterocycles. The van der Waals surface area contributed by atoms with Gasteiger partial charge >= 0.3 is 0 Å². The molecule has 0 aliphatic carbocycles. The molecule has 0 saturated carbocycles. The van der Waals surface area contributed by atoms with Gasteiger partial charge in [-0.2, -0.15) is 0 Å². The zero-order chi connectivity index (χ0) is 18.9. The first-order valence-electron chi connectivity index (χ1n) is 9.83. The summed E-state index contributed by atoms with van der Waals surface area (Å²) in [5, 5.41) is 4.20. The minimum Gasteiger partial charge on any atom is -0.494 e. The van der Waals surface area contributed by atoms with E-state index in [0.717, 1.165) is 25.3 Å². The van der Waals surface area contributed by atoms with Crippen LogP contribution in [0.25, 0.3) is 10.9 Å². The van der Waals surface area contributed by atoms with Crippen molar-refractivity contribution < 1.29 is 9.53 Å². The van der Waals surface area contributed by atoms with Crippen LogP contribution in [0.4, 0.5) is 0 Å². The van der Waals surface area contributed by atoms with Gasteiger partial charge in [-0.25, -0.2) is 0 Å². The second kappa shape index (κ2) is 9.81. The van der Waals surface area contributed by atoms with Crippen molar-refractivity contribution >= 4 is 16.8 Å². The highest BCUT2D eigenvalue weighted by molar-refractivity contribution is 5.94. The van der Waals surface area contributed by atoms with Crippen LogP contribution in [0.15, 0.2) is 60.8 Å². The van der Waals surface area contributed by atoms with Crippen LogP contribution in [-0.2, 0) is 6.54 Å². The SMILES string of the molecule is CCCCCCOc1ccc(C(=O)NCCn2ccc3ccccc32)cc1. The van der Waals surface area contributed by atoms with Crippen molar-refractivity contribution in [1.29, 1.82) is 0 Å². The number of amides is 1. The lowest BCUT2D eigenvalue weighted by Gasteiger charge is -2.09. The molecule has 4 heteroatoms. The van der Waals surface area contributed by atoms with E-state index < -0.39 is 0 Å². The van der Waals surface area contributed by atoms with Crippen molar-refractivity contribution in [3.63, 3.8) is 0 Å². The van der Waals surface area contributed by atoms with Crippen molar-refractivity contribution in [3.8, 4) is 5.75 Å². The fourth-order valence-corrected chi connectivity index (χ4v) is 3.15. The number of ether oxygens (including phenoxy) is 1. The molecule has 0 aliphatic heterocycles. The van der Waals surface area contributed by atoms with E-state index in [9.17, 15) is 4.79 Å². The third-order valence-electron chi connectivity index (χ3n) is 4.70. The molecule has 2 aromatic carbocycles. The molecule has 4 nitrogen and oxygen atoms in total. The molecule has 142 valence electrons. The molecule has 27 heavy (non-hydrogen) atoms. The van der Waals surface area contributed by atoms with Crippen LogP contribution in [0.5, 0.6) is 5.75 Å². The fourth-order valence-electron chi connectivity index (χ4n) is 3.15. The molecule has 1 amide bonds. The van der Waals surface area contributed by atoms with Crippen LogP contribution in [0.3, 0.4) is 0 Å². The monoisotopic (exact) mass is 364 g/mol. The number of hydrogen-bond acceptors (Lipinski definition) is 2. The minimum absolute atomic E-state index is 0.0547. The molecule has 0 bridgehead atoms. The number of hydrogen-bond donors (Lipinski definition) is 1. The zero-order valence-electron chi connectivity index (χ0n) is 16.0. The number of benzene rings is 2. The first-order chi connectivity index (χ1) is 13.3. The topological polar surface area (TPSA) is 43.3 Å². The van der Waals surface area contributed by atoms with Crippen LogP contribution < -0.4 is 10.1 Å². The van der Waals surface area contributed by atoms with E-state index in [4.69, 9.17) is 4.74 Å². The van der Waals surface area contributed by atoms with Gasteiger partial charge in [0.25, 0.3) is 5.91 Å². The van der Waals surface area contributed by atoms with Crippen LogP contribution >= 0.6 is 0 Å². The molecule has 0 aliphatic rings. The maximum Gasteiger partial charge on any atom is 0.251 e. The molecule has 0 radical (unpaired) electrons. The summed E-state index contributed by atoms with van der Waals surface area (Å²) in [6, 6.07) is 17.7. The molecular formula is C23H28N2O2. The Labute approximate surface area is 161 Å². The summed E-state index contributed by atoms with van der Waals surface area (Å²) in [4.78, 5) is 12.3. The summed E-state index contributed by atoms with van der Waals surface area (Å²) in [6.45, 7) is 4.27. The zero-order valence-corrected chi connectivity index (χ0v) is 16.0. The maximum atomic E-state index is 12.3. The molecule has 1 N–H and O–H groups in total. The van der Waals surface area contributed by atoms with Crippen LogP contribution in [0, 0.1) is 0 Å². The van der Waals surface area contributed by atoms with Crippen molar-refractivity contribution in [2.45, 2.75) is 39.2 Å². The second-order valence-electron chi connectivity index (χ2n) is 6.76. The summed E-state index contributed by atoms with van der Waals surface area (Å²) >= 11 is 0. The Morgan fingerprint density at radius 2 is 1.81 bits per heavy atom. The number of nitrogens with zero attached hydrogens (tertiary/aromatic N) is 1. The average Bonchev–Trinajstić information content (AvgIpc) is 3.11. The Morgan fingerprint density at radius 3 is 2.63 bits per heavy atom. The lowest BCUT2D eigenvalue weighted by atomic mass is 10.2. The molecule has 3 rings (SSSR count). The lowest BCUT2D eigenvalue weighted by Crippen LogP contribution is -2.27. The Bertz CT molecular complexity index is 852. The van der Waals surface area contributed by atoms with E-state index in [-0.39, 0.29) is 5.91 Å². The first kappa shape index (κ1) is 19.0. The summed E-state index contributed by atoms with van der Waals surface area (Å²) < 4.78 is 7.88. The molecule has 0 atom stereocenters. The van der Waals surface area contributed by atoms with E-state index in [1.54, 1.807) is 0 Å². The van der Waals surface area contributed by atoms with Gasteiger partial charge in [0.15, 0.2) is 0 Å². The smallest absolute Gasteiger partial charge is 0.251 e.